The van der Waals surface area contributed by atoms with E-state index in [-0.39, 0.29) is 0 Å². The van der Waals surface area contributed by atoms with Crippen LogP contribution in [0.1, 0.15) is 12.7 Å². The summed E-state index contributed by atoms with van der Waals surface area (Å²) in [7, 11) is 0. The van der Waals surface area contributed by atoms with Gasteiger partial charge in [0.25, 0.3) is 0 Å². The number of thiophene rings is 1. The number of fused-ring (bicyclic) bond motifs is 1. The summed E-state index contributed by atoms with van der Waals surface area (Å²) < 4.78 is 0. The number of aliphatic hydroxyl groups is 1. The van der Waals surface area contributed by atoms with E-state index in [1.165, 1.54) is 0 Å². The number of aromatic nitrogens is 2. The zero-order chi connectivity index (χ0) is 17.2. The van der Waals surface area contributed by atoms with Crippen molar-refractivity contribution in [2.24, 2.45) is 0 Å². The van der Waals surface area contributed by atoms with Crippen LogP contribution in [0.2, 0.25) is 0 Å². The fraction of sp³-hybridized carbons (Fsp3) is 0.333. The van der Waals surface area contributed by atoms with Gasteiger partial charge in [0.1, 0.15) is 16.5 Å². The maximum atomic E-state index is 10.4. The Balaban J connectivity index is 2.02. The molecular formula is C18H21N3OS2. The van der Waals surface area contributed by atoms with Gasteiger partial charge in [-0.15, -0.1) is 11.3 Å². The minimum atomic E-state index is -0.784. The van der Waals surface area contributed by atoms with Crippen LogP contribution < -0.4 is 5.32 Å². The van der Waals surface area contributed by atoms with Crippen LogP contribution >= 0.6 is 23.1 Å². The number of aryl methyl sites for hydroxylation is 1. The number of nitrogens with one attached hydrogen (secondary N) is 1. The molecule has 0 fully saturated rings. The average Bonchev–Trinajstić information content (AvgIpc) is 2.97. The van der Waals surface area contributed by atoms with Crippen LogP contribution in [0.5, 0.6) is 0 Å². The predicted octanol–water partition coefficient (Wildman–Crippen LogP) is 4.19. The van der Waals surface area contributed by atoms with E-state index in [0.29, 0.717) is 12.3 Å². The van der Waals surface area contributed by atoms with Crippen molar-refractivity contribution >= 4 is 39.1 Å². The molecule has 2 aromatic heterocycles. The Hall–Kier alpha value is -1.63. The number of thioether (sulfide) groups is 1. The number of hydrogen-bond donors (Lipinski definition) is 2. The molecular weight excluding hydrogens is 338 g/mol. The highest BCUT2D eigenvalue weighted by atomic mass is 32.2. The van der Waals surface area contributed by atoms with E-state index in [1.807, 2.05) is 38.3 Å². The summed E-state index contributed by atoms with van der Waals surface area (Å²) >= 11 is 3.25. The standard InChI is InChI=1S/C18H21N3OS2/c1-12-20-16(19-10-18(2,22)11-23-3)15-14(9-24-17(15)21-12)13-7-5-4-6-8-13/h4-9,22H,10-11H2,1-3H3,(H,19,20,21). The van der Waals surface area contributed by atoms with E-state index in [2.05, 4.69) is 32.8 Å². The maximum absolute atomic E-state index is 10.4. The van der Waals surface area contributed by atoms with Crippen LogP contribution in [0.25, 0.3) is 21.3 Å². The Morgan fingerprint density at radius 3 is 2.71 bits per heavy atom. The van der Waals surface area contributed by atoms with Crippen LogP contribution in [0.3, 0.4) is 0 Å². The molecule has 0 amide bonds. The first-order valence-corrected chi connectivity index (χ1v) is 10.0. The van der Waals surface area contributed by atoms with Crippen LogP contribution in [0, 0.1) is 6.92 Å². The van der Waals surface area contributed by atoms with Gasteiger partial charge in [-0.25, -0.2) is 9.97 Å². The van der Waals surface area contributed by atoms with E-state index < -0.39 is 5.60 Å². The zero-order valence-electron chi connectivity index (χ0n) is 14.0. The second kappa shape index (κ2) is 7.09. The molecule has 1 aromatic carbocycles. The average molecular weight is 360 g/mol. The van der Waals surface area contributed by atoms with Crippen LogP contribution in [-0.2, 0) is 0 Å². The lowest BCUT2D eigenvalue weighted by atomic mass is 10.1. The number of anilines is 1. The Bertz CT molecular complexity index is 831. The Kier molecular flexibility index (Phi) is 5.08. The molecule has 0 saturated carbocycles. The van der Waals surface area contributed by atoms with Crippen LogP contribution in [0.15, 0.2) is 35.7 Å². The van der Waals surface area contributed by atoms with Gasteiger partial charge in [-0.05, 0) is 25.7 Å². The summed E-state index contributed by atoms with van der Waals surface area (Å²) in [5.41, 5.74) is 1.49. The number of benzene rings is 1. The molecule has 126 valence electrons. The summed E-state index contributed by atoms with van der Waals surface area (Å²) in [5.74, 6) is 2.19. The first-order valence-electron chi connectivity index (χ1n) is 7.76. The molecule has 0 radical (unpaired) electrons. The summed E-state index contributed by atoms with van der Waals surface area (Å²) in [6.07, 6.45) is 1.99. The molecule has 0 aliphatic heterocycles. The van der Waals surface area contributed by atoms with Gasteiger partial charge in [0.2, 0.25) is 0 Å². The van der Waals surface area contributed by atoms with Crippen molar-refractivity contribution in [2.45, 2.75) is 19.4 Å². The fourth-order valence-electron chi connectivity index (χ4n) is 2.64. The summed E-state index contributed by atoms with van der Waals surface area (Å²) in [5, 5.41) is 16.9. The summed E-state index contributed by atoms with van der Waals surface area (Å²) in [4.78, 5) is 10.1. The van der Waals surface area contributed by atoms with Gasteiger partial charge in [0, 0.05) is 23.2 Å². The highest BCUT2D eigenvalue weighted by Crippen LogP contribution is 2.37. The first kappa shape index (κ1) is 17.2. The molecule has 0 aliphatic carbocycles. The Morgan fingerprint density at radius 1 is 1.25 bits per heavy atom. The molecule has 0 saturated heterocycles. The fourth-order valence-corrected chi connectivity index (χ4v) is 4.36. The molecule has 1 unspecified atom stereocenters. The highest BCUT2D eigenvalue weighted by Gasteiger charge is 2.21. The summed E-state index contributed by atoms with van der Waals surface area (Å²) in [6, 6.07) is 10.3. The largest absolute Gasteiger partial charge is 0.387 e. The molecule has 24 heavy (non-hydrogen) atoms. The maximum Gasteiger partial charge on any atom is 0.139 e. The molecule has 4 nitrogen and oxygen atoms in total. The van der Waals surface area contributed by atoms with Gasteiger partial charge in [0.05, 0.1) is 11.0 Å². The summed E-state index contributed by atoms with van der Waals surface area (Å²) in [6.45, 7) is 4.18. The second-order valence-corrected chi connectivity index (χ2v) is 7.82. The highest BCUT2D eigenvalue weighted by molar-refractivity contribution is 7.98. The van der Waals surface area contributed by atoms with Crippen molar-refractivity contribution in [3.63, 3.8) is 0 Å². The molecule has 2 heterocycles. The monoisotopic (exact) mass is 359 g/mol. The minimum Gasteiger partial charge on any atom is -0.387 e. The van der Waals surface area contributed by atoms with Crippen molar-refractivity contribution < 1.29 is 5.11 Å². The quantitative estimate of drug-likeness (QED) is 0.691. The predicted molar refractivity (Wildman–Crippen MR) is 105 cm³/mol. The van der Waals surface area contributed by atoms with Gasteiger partial charge < -0.3 is 10.4 Å². The third kappa shape index (κ3) is 3.71. The van der Waals surface area contributed by atoms with Crippen LogP contribution in [0.4, 0.5) is 5.82 Å². The van der Waals surface area contributed by atoms with E-state index in [0.717, 1.165) is 33.0 Å². The van der Waals surface area contributed by atoms with Gasteiger partial charge >= 0.3 is 0 Å². The van der Waals surface area contributed by atoms with Crippen LogP contribution in [-0.4, -0.2) is 39.2 Å². The van der Waals surface area contributed by atoms with E-state index in [9.17, 15) is 5.11 Å². The van der Waals surface area contributed by atoms with Gasteiger partial charge in [-0.2, -0.15) is 11.8 Å². The molecule has 0 spiro atoms. The second-order valence-electron chi connectivity index (χ2n) is 6.10. The van der Waals surface area contributed by atoms with Crippen molar-refractivity contribution in [1.29, 1.82) is 0 Å². The number of hydrogen-bond acceptors (Lipinski definition) is 6. The van der Waals surface area contributed by atoms with Crippen molar-refractivity contribution in [3.8, 4) is 11.1 Å². The van der Waals surface area contributed by atoms with Crippen molar-refractivity contribution in [2.75, 3.05) is 23.9 Å². The van der Waals surface area contributed by atoms with Crippen molar-refractivity contribution in [3.05, 3.63) is 41.5 Å². The third-order valence-electron chi connectivity index (χ3n) is 3.72. The topological polar surface area (TPSA) is 58.0 Å². The zero-order valence-corrected chi connectivity index (χ0v) is 15.7. The first-order chi connectivity index (χ1) is 11.5. The third-order valence-corrected chi connectivity index (χ3v) is 5.50. The van der Waals surface area contributed by atoms with Gasteiger partial charge in [-0.3, -0.25) is 0 Å². The molecule has 3 rings (SSSR count). The lowest BCUT2D eigenvalue weighted by Crippen LogP contribution is -2.36. The van der Waals surface area contributed by atoms with Gasteiger partial charge in [-0.1, -0.05) is 30.3 Å². The van der Waals surface area contributed by atoms with Gasteiger partial charge in [0.15, 0.2) is 0 Å². The van der Waals surface area contributed by atoms with Crippen molar-refractivity contribution in [1.82, 2.24) is 9.97 Å². The molecule has 6 heteroatoms. The number of rotatable bonds is 6. The molecule has 2 N–H and O–H groups in total. The Labute approximate surface area is 150 Å². The normalized spacial score (nSPS) is 13.8. The molecule has 1 atom stereocenters. The van der Waals surface area contributed by atoms with E-state index in [4.69, 9.17) is 0 Å². The molecule has 0 bridgehead atoms. The van der Waals surface area contributed by atoms with E-state index in [1.54, 1.807) is 23.1 Å². The SMILES string of the molecule is CSCC(C)(O)CNc1nc(C)nc2scc(-c3ccccc3)c12. The number of nitrogens with zero attached hydrogens (tertiary/aromatic N) is 2. The lowest BCUT2D eigenvalue weighted by molar-refractivity contribution is 0.0996. The lowest BCUT2D eigenvalue weighted by Gasteiger charge is -2.23. The molecule has 3 aromatic rings. The molecule has 0 aliphatic rings. The minimum absolute atomic E-state index is 0.448. The Morgan fingerprint density at radius 2 is 2.00 bits per heavy atom. The smallest absolute Gasteiger partial charge is 0.139 e. The van der Waals surface area contributed by atoms with E-state index >= 15 is 0 Å².